The molecule has 0 unspecified atom stereocenters. The Morgan fingerprint density at radius 1 is 0.815 bits per heavy atom. The van der Waals surface area contributed by atoms with E-state index in [1.807, 2.05) is 0 Å². The zero-order valence-electron chi connectivity index (χ0n) is 18.3. The van der Waals surface area contributed by atoms with Crippen molar-refractivity contribution in [2.24, 2.45) is 0 Å². The molecule has 0 aromatic heterocycles. The Hall–Kier alpha value is 0.287. The Morgan fingerprint density at radius 3 is 1.74 bits per heavy atom. The monoisotopic (exact) mass is 590 g/mol. The van der Waals surface area contributed by atoms with Crippen LogP contribution in [0, 0.1) is 0 Å². The molecule has 1 aromatic rings. The minimum atomic E-state index is -2.36. The van der Waals surface area contributed by atoms with Gasteiger partial charge in [-0.05, 0) is 0 Å². The average Bonchev–Trinajstić information content (AvgIpc) is 2.71. The van der Waals surface area contributed by atoms with Gasteiger partial charge in [-0.2, -0.15) is 0 Å². The SMILES string of the molecule is CCC[CH2][SnH2][O]C(=O)c1cc[c]([Sn]([CH2]CCC)([CH2]CCC)[CH2]CCC)cc1. The third-order valence-corrected chi connectivity index (χ3v) is 25.0. The molecule has 1 aromatic carbocycles. The van der Waals surface area contributed by atoms with Crippen molar-refractivity contribution in [1.29, 1.82) is 0 Å². The molecule has 0 N–H and O–H groups in total. The molecule has 0 aliphatic rings. The first-order valence-electron chi connectivity index (χ1n) is 11.4. The summed E-state index contributed by atoms with van der Waals surface area (Å²) < 4.78 is 12.9. The second kappa shape index (κ2) is 15.2. The molecule has 0 aliphatic carbocycles. The van der Waals surface area contributed by atoms with Gasteiger partial charge in [0.25, 0.3) is 0 Å². The summed E-state index contributed by atoms with van der Waals surface area (Å²) in [7, 11) is 0. The summed E-state index contributed by atoms with van der Waals surface area (Å²) in [4.78, 5) is 12.3. The number of unbranched alkanes of at least 4 members (excludes halogenated alkanes) is 4. The second-order valence-corrected chi connectivity index (χ2v) is 25.3. The van der Waals surface area contributed by atoms with E-state index >= 15 is 0 Å². The van der Waals surface area contributed by atoms with Gasteiger partial charge in [-0.1, -0.05) is 0 Å². The number of benzene rings is 1. The van der Waals surface area contributed by atoms with Crippen LogP contribution in [0.3, 0.4) is 0 Å². The van der Waals surface area contributed by atoms with Crippen LogP contribution in [0.2, 0.25) is 17.7 Å². The number of hydrogen-bond acceptors (Lipinski definition) is 2. The molecule has 0 saturated heterocycles. The maximum absolute atomic E-state index is 12.3. The average molecular weight is 588 g/mol. The van der Waals surface area contributed by atoms with E-state index in [1.54, 1.807) is 3.58 Å². The Labute approximate surface area is 182 Å². The number of carbonyl (C=O) groups excluding carboxylic acids is 1. The van der Waals surface area contributed by atoms with Gasteiger partial charge in [0.2, 0.25) is 0 Å². The molecule has 0 amide bonds. The zero-order chi connectivity index (χ0) is 20.0. The minimum absolute atomic E-state index is 0.0649. The normalized spacial score (nSPS) is 12.0. The second-order valence-electron chi connectivity index (χ2n) is 8.01. The van der Waals surface area contributed by atoms with E-state index < -0.39 is 39.9 Å². The van der Waals surface area contributed by atoms with E-state index in [0.29, 0.717) is 0 Å². The van der Waals surface area contributed by atoms with Crippen LogP contribution in [0.25, 0.3) is 0 Å². The van der Waals surface area contributed by atoms with Crippen molar-refractivity contribution in [1.82, 2.24) is 0 Å². The molecule has 0 spiro atoms. The van der Waals surface area contributed by atoms with Crippen molar-refractivity contribution in [3.63, 3.8) is 0 Å². The van der Waals surface area contributed by atoms with Crippen molar-refractivity contribution in [3.8, 4) is 0 Å². The van der Waals surface area contributed by atoms with Gasteiger partial charge in [0.1, 0.15) is 0 Å². The summed E-state index contributed by atoms with van der Waals surface area (Å²) in [5.74, 6) is -0.0649. The fourth-order valence-electron chi connectivity index (χ4n) is 3.91. The van der Waals surface area contributed by atoms with E-state index in [4.69, 9.17) is 3.07 Å². The molecule has 0 atom stereocenters. The van der Waals surface area contributed by atoms with Crippen molar-refractivity contribution in [2.45, 2.75) is 96.8 Å². The molecule has 2 nitrogen and oxygen atoms in total. The van der Waals surface area contributed by atoms with Gasteiger partial charge in [-0.3, -0.25) is 0 Å². The van der Waals surface area contributed by atoms with Crippen LogP contribution in [0.5, 0.6) is 0 Å². The third kappa shape index (κ3) is 9.10. The van der Waals surface area contributed by atoms with Crippen LogP contribution in [0.4, 0.5) is 0 Å². The number of hydrogen-bond donors (Lipinski definition) is 0. The Bertz CT molecular complexity index is 492. The molecule has 0 radical (unpaired) electrons. The molecule has 1 rings (SSSR count). The number of carbonyl (C=O) groups is 1. The van der Waals surface area contributed by atoms with Crippen molar-refractivity contribution in [3.05, 3.63) is 29.8 Å². The first kappa shape index (κ1) is 25.3. The van der Waals surface area contributed by atoms with Gasteiger partial charge in [-0.15, -0.1) is 0 Å². The molecule has 0 saturated carbocycles. The van der Waals surface area contributed by atoms with E-state index in [9.17, 15) is 4.79 Å². The summed E-state index contributed by atoms with van der Waals surface area (Å²) in [6.07, 6.45) is 10.4. The third-order valence-electron chi connectivity index (χ3n) is 5.74. The van der Waals surface area contributed by atoms with Crippen LogP contribution in [0.15, 0.2) is 24.3 Å². The molecule has 0 aliphatic heterocycles. The van der Waals surface area contributed by atoms with E-state index in [-0.39, 0.29) is 5.97 Å². The van der Waals surface area contributed by atoms with Crippen LogP contribution in [-0.4, -0.2) is 45.9 Å². The maximum atomic E-state index is 12.3. The molecule has 0 fully saturated rings. The van der Waals surface area contributed by atoms with Crippen LogP contribution >= 0.6 is 0 Å². The van der Waals surface area contributed by atoms with Crippen molar-refractivity contribution < 1.29 is 7.87 Å². The van der Waals surface area contributed by atoms with Crippen LogP contribution in [0.1, 0.15) is 89.4 Å². The van der Waals surface area contributed by atoms with Gasteiger partial charge in [0, 0.05) is 0 Å². The van der Waals surface area contributed by atoms with Gasteiger partial charge < -0.3 is 0 Å². The summed E-state index contributed by atoms with van der Waals surface area (Å²) in [5, 5.41) is 0. The Morgan fingerprint density at radius 2 is 1.30 bits per heavy atom. The van der Waals surface area contributed by atoms with Gasteiger partial charge in [0.05, 0.1) is 0 Å². The summed E-state index contributed by atoms with van der Waals surface area (Å²) in [6, 6.07) is 8.77. The summed E-state index contributed by atoms with van der Waals surface area (Å²) in [5.41, 5.74) is 0.772. The molecule has 154 valence electrons. The van der Waals surface area contributed by atoms with Crippen LogP contribution in [-0.2, 0) is 3.07 Å². The summed E-state index contributed by atoms with van der Waals surface area (Å²) in [6.45, 7) is 9.15. The van der Waals surface area contributed by atoms with Gasteiger partial charge >= 0.3 is 184 Å². The predicted octanol–water partition coefficient (Wildman–Crippen LogP) is 6.20. The predicted molar refractivity (Wildman–Crippen MR) is 125 cm³/mol. The topological polar surface area (TPSA) is 26.3 Å². The summed E-state index contributed by atoms with van der Waals surface area (Å²) >= 11 is -3.70. The van der Waals surface area contributed by atoms with E-state index in [2.05, 4.69) is 52.0 Å². The molecule has 0 heterocycles. The van der Waals surface area contributed by atoms with Crippen LogP contribution < -0.4 is 3.58 Å². The molecular formula is C23H42O2Sn2. The number of rotatable bonds is 15. The Balaban J connectivity index is 2.92. The zero-order valence-corrected chi connectivity index (χ0v) is 25.2. The Kier molecular flexibility index (Phi) is 14.2. The van der Waals surface area contributed by atoms with Gasteiger partial charge in [-0.25, -0.2) is 0 Å². The molecule has 4 heteroatoms. The standard InChI is InChI=1S/C7H5O2.4C4H9.2Sn.2H/c8-7(9)6-4-2-1-3-5-6;4*1-3-4-2;;;;/h2-5H,(H,8,9);4*1,3-4H2,2H3;;;;/q;;;;;;+1;;/p-1. The molecule has 0 bridgehead atoms. The first-order chi connectivity index (χ1) is 13.1. The molecule has 27 heavy (non-hydrogen) atoms. The molecular weight excluding hydrogens is 546 g/mol. The fourth-order valence-corrected chi connectivity index (χ4v) is 23.3. The van der Waals surface area contributed by atoms with Crippen molar-refractivity contribution >= 4 is 49.5 Å². The van der Waals surface area contributed by atoms with Crippen molar-refractivity contribution in [2.75, 3.05) is 0 Å². The first-order valence-corrected chi connectivity index (χ1v) is 23.4. The van der Waals surface area contributed by atoms with Gasteiger partial charge in [0.15, 0.2) is 0 Å². The van der Waals surface area contributed by atoms with E-state index in [1.165, 1.54) is 69.1 Å². The van der Waals surface area contributed by atoms with E-state index in [0.717, 1.165) is 5.56 Å². The fraction of sp³-hybridized carbons (Fsp3) is 0.696. The quantitative estimate of drug-likeness (QED) is 0.180.